The average Bonchev–Trinajstić information content (AvgIpc) is 2.48. The maximum absolute atomic E-state index is 6.14. The molecule has 1 N–H and O–H groups in total. The van der Waals surface area contributed by atoms with Gasteiger partial charge in [-0.05, 0) is 62.2 Å². The van der Waals surface area contributed by atoms with Crippen molar-refractivity contribution in [2.24, 2.45) is 5.92 Å². The molecule has 0 saturated heterocycles. The minimum absolute atomic E-state index is 0.480. The van der Waals surface area contributed by atoms with Gasteiger partial charge in [0.05, 0.1) is 12.7 Å². The molecule has 1 aromatic rings. The third-order valence-corrected chi connectivity index (χ3v) is 4.38. The second-order valence-corrected chi connectivity index (χ2v) is 6.07. The molecule has 112 valence electrons. The number of benzene rings is 1. The smallest absolute Gasteiger partial charge is 0.0723 e. The molecule has 20 heavy (non-hydrogen) atoms. The fourth-order valence-corrected chi connectivity index (χ4v) is 2.95. The van der Waals surface area contributed by atoms with E-state index < -0.39 is 0 Å². The molecule has 1 saturated carbocycles. The monoisotopic (exact) mass is 275 g/mol. The Morgan fingerprint density at radius 1 is 1.10 bits per heavy atom. The number of hydrogen-bond acceptors (Lipinski definition) is 2. The summed E-state index contributed by atoms with van der Waals surface area (Å²) in [6.45, 7) is 7.38. The van der Waals surface area contributed by atoms with Crippen molar-refractivity contribution >= 4 is 0 Å². The Bertz CT molecular complexity index is 383. The predicted molar refractivity (Wildman–Crippen MR) is 84.9 cm³/mol. The first-order chi connectivity index (χ1) is 9.79. The molecule has 1 fully saturated rings. The van der Waals surface area contributed by atoms with E-state index in [2.05, 4.69) is 43.4 Å². The first kappa shape index (κ1) is 15.5. The number of likely N-dealkylation sites (N-methyl/N-ethyl adjacent to an activating group) is 1. The molecule has 0 bridgehead atoms. The summed E-state index contributed by atoms with van der Waals surface area (Å²) in [6, 6.07) is 8.71. The summed E-state index contributed by atoms with van der Waals surface area (Å²) in [6.07, 6.45) is 6.70. The Kier molecular flexibility index (Phi) is 6.55. The van der Waals surface area contributed by atoms with E-state index in [1.165, 1.54) is 36.8 Å². The van der Waals surface area contributed by atoms with Gasteiger partial charge in [0.1, 0.15) is 0 Å². The fourth-order valence-electron chi connectivity index (χ4n) is 2.95. The van der Waals surface area contributed by atoms with E-state index in [1.807, 2.05) is 0 Å². The first-order valence-corrected chi connectivity index (χ1v) is 8.18. The third kappa shape index (κ3) is 4.92. The summed E-state index contributed by atoms with van der Waals surface area (Å²) < 4.78 is 6.14. The lowest BCUT2D eigenvalue weighted by atomic mass is 9.89. The Balaban J connectivity index is 1.82. The zero-order chi connectivity index (χ0) is 14.2. The minimum atomic E-state index is 0.480. The second kappa shape index (κ2) is 8.43. The van der Waals surface area contributed by atoms with Crippen LogP contribution in [0.1, 0.15) is 50.7 Å². The number of rotatable bonds is 7. The van der Waals surface area contributed by atoms with E-state index in [1.54, 1.807) is 0 Å². The van der Waals surface area contributed by atoms with Crippen LogP contribution in [0.2, 0.25) is 0 Å². The van der Waals surface area contributed by atoms with Gasteiger partial charge in [-0.25, -0.2) is 0 Å². The highest BCUT2D eigenvalue weighted by molar-refractivity contribution is 5.26. The molecular weight excluding hydrogens is 246 g/mol. The van der Waals surface area contributed by atoms with Crippen LogP contribution in [0.3, 0.4) is 0 Å². The highest BCUT2D eigenvalue weighted by Gasteiger charge is 2.18. The van der Waals surface area contributed by atoms with Crippen molar-refractivity contribution in [1.29, 1.82) is 0 Å². The van der Waals surface area contributed by atoms with Crippen LogP contribution in [0, 0.1) is 5.92 Å². The van der Waals surface area contributed by atoms with Crippen molar-refractivity contribution in [2.45, 2.75) is 58.7 Å². The van der Waals surface area contributed by atoms with Crippen molar-refractivity contribution in [2.75, 3.05) is 13.1 Å². The summed E-state index contributed by atoms with van der Waals surface area (Å²) in [4.78, 5) is 0. The maximum atomic E-state index is 6.14. The molecular formula is C18H29NO. The number of nitrogens with one attached hydrogen (secondary N) is 1. The Morgan fingerprint density at radius 3 is 2.50 bits per heavy atom. The quantitative estimate of drug-likeness (QED) is 0.761. The topological polar surface area (TPSA) is 21.3 Å². The lowest BCUT2D eigenvalue weighted by Crippen LogP contribution is -2.21. The van der Waals surface area contributed by atoms with Crippen LogP contribution in [-0.4, -0.2) is 19.2 Å². The van der Waals surface area contributed by atoms with Gasteiger partial charge in [-0.2, -0.15) is 0 Å². The minimum Gasteiger partial charge on any atom is -0.374 e. The van der Waals surface area contributed by atoms with Crippen LogP contribution in [-0.2, 0) is 17.8 Å². The normalized spacial score (nSPS) is 22.9. The van der Waals surface area contributed by atoms with E-state index in [9.17, 15) is 0 Å². The number of hydrogen-bond donors (Lipinski definition) is 1. The standard InChI is InChI=1S/C18H29NO/c1-3-19-13-12-16-6-4-5-7-17(16)14-20-18-10-8-15(2)9-11-18/h4-7,15,18-19H,3,8-14H2,1-2H3. The van der Waals surface area contributed by atoms with Gasteiger partial charge < -0.3 is 10.1 Å². The molecule has 0 aromatic heterocycles. The second-order valence-electron chi connectivity index (χ2n) is 6.07. The van der Waals surface area contributed by atoms with Gasteiger partial charge in [0, 0.05) is 0 Å². The van der Waals surface area contributed by atoms with Gasteiger partial charge >= 0.3 is 0 Å². The van der Waals surface area contributed by atoms with E-state index in [0.29, 0.717) is 6.10 Å². The Hall–Kier alpha value is -0.860. The predicted octanol–water partition coefficient (Wildman–Crippen LogP) is 3.93. The van der Waals surface area contributed by atoms with Crippen LogP contribution in [0.4, 0.5) is 0 Å². The molecule has 0 aliphatic heterocycles. The van der Waals surface area contributed by atoms with E-state index >= 15 is 0 Å². The maximum Gasteiger partial charge on any atom is 0.0723 e. The van der Waals surface area contributed by atoms with Crippen LogP contribution >= 0.6 is 0 Å². The highest BCUT2D eigenvalue weighted by atomic mass is 16.5. The van der Waals surface area contributed by atoms with Crippen molar-refractivity contribution in [3.8, 4) is 0 Å². The van der Waals surface area contributed by atoms with Crippen LogP contribution in [0.25, 0.3) is 0 Å². The molecule has 2 heteroatoms. The van der Waals surface area contributed by atoms with E-state index in [4.69, 9.17) is 4.74 Å². The van der Waals surface area contributed by atoms with Crippen molar-refractivity contribution in [3.63, 3.8) is 0 Å². The van der Waals surface area contributed by atoms with Crippen molar-refractivity contribution < 1.29 is 4.74 Å². The zero-order valence-corrected chi connectivity index (χ0v) is 13.0. The zero-order valence-electron chi connectivity index (χ0n) is 13.0. The fraction of sp³-hybridized carbons (Fsp3) is 0.667. The molecule has 1 aliphatic carbocycles. The molecule has 2 nitrogen and oxygen atoms in total. The largest absolute Gasteiger partial charge is 0.374 e. The molecule has 1 aromatic carbocycles. The average molecular weight is 275 g/mol. The van der Waals surface area contributed by atoms with E-state index in [0.717, 1.165) is 32.0 Å². The Labute approximate surface area is 123 Å². The van der Waals surface area contributed by atoms with Gasteiger partial charge in [-0.15, -0.1) is 0 Å². The van der Waals surface area contributed by atoms with Crippen molar-refractivity contribution in [3.05, 3.63) is 35.4 Å². The number of ether oxygens (including phenoxy) is 1. The van der Waals surface area contributed by atoms with Gasteiger partial charge in [0.2, 0.25) is 0 Å². The van der Waals surface area contributed by atoms with Gasteiger partial charge in [-0.1, -0.05) is 38.1 Å². The summed E-state index contributed by atoms with van der Waals surface area (Å²) in [7, 11) is 0. The molecule has 2 rings (SSSR count). The van der Waals surface area contributed by atoms with E-state index in [-0.39, 0.29) is 0 Å². The molecule has 0 atom stereocenters. The first-order valence-electron chi connectivity index (χ1n) is 8.18. The van der Waals surface area contributed by atoms with Crippen LogP contribution in [0.15, 0.2) is 24.3 Å². The summed E-state index contributed by atoms with van der Waals surface area (Å²) in [5, 5.41) is 3.39. The molecule has 0 spiro atoms. The lowest BCUT2D eigenvalue weighted by Gasteiger charge is -2.26. The molecule has 0 unspecified atom stereocenters. The van der Waals surface area contributed by atoms with Gasteiger partial charge in [0.15, 0.2) is 0 Å². The summed E-state index contributed by atoms with van der Waals surface area (Å²) >= 11 is 0. The van der Waals surface area contributed by atoms with Crippen LogP contribution in [0.5, 0.6) is 0 Å². The summed E-state index contributed by atoms with van der Waals surface area (Å²) in [5.74, 6) is 0.891. The third-order valence-electron chi connectivity index (χ3n) is 4.38. The van der Waals surface area contributed by atoms with Crippen molar-refractivity contribution in [1.82, 2.24) is 5.32 Å². The molecule has 0 amide bonds. The molecule has 1 aliphatic rings. The Morgan fingerprint density at radius 2 is 1.80 bits per heavy atom. The molecule has 0 heterocycles. The summed E-state index contributed by atoms with van der Waals surface area (Å²) in [5.41, 5.74) is 2.79. The molecule has 0 radical (unpaired) electrons. The highest BCUT2D eigenvalue weighted by Crippen LogP contribution is 2.26. The van der Waals surface area contributed by atoms with Crippen LogP contribution < -0.4 is 5.32 Å². The SMILES string of the molecule is CCNCCc1ccccc1COC1CCC(C)CC1. The van der Waals surface area contributed by atoms with Gasteiger partial charge in [0.25, 0.3) is 0 Å². The lowest BCUT2D eigenvalue weighted by molar-refractivity contribution is 0.00848. The van der Waals surface area contributed by atoms with Gasteiger partial charge in [-0.3, -0.25) is 0 Å².